The van der Waals surface area contributed by atoms with Crippen LogP contribution in [0.15, 0.2) is 72.8 Å². The van der Waals surface area contributed by atoms with E-state index in [9.17, 15) is 14.0 Å². The van der Waals surface area contributed by atoms with Crippen molar-refractivity contribution in [1.29, 1.82) is 0 Å². The lowest BCUT2D eigenvalue weighted by molar-refractivity contribution is -0.124. The Hall–Kier alpha value is -3.75. The Kier molecular flexibility index (Phi) is 9.31. The highest BCUT2D eigenvalue weighted by Gasteiger charge is 2.44. The van der Waals surface area contributed by atoms with E-state index in [2.05, 4.69) is 22.0 Å². The van der Waals surface area contributed by atoms with Crippen LogP contribution in [0.3, 0.4) is 0 Å². The van der Waals surface area contributed by atoms with E-state index in [1.54, 1.807) is 30.2 Å². The number of carbonyl (C=O) groups is 2. The average Bonchev–Trinajstić information content (AvgIpc) is 3.01. The molecule has 2 atom stereocenters. The van der Waals surface area contributed by atoms with E-state index in [-0.39, 0.29) is 24.2 Å². The third kappa shape index (κ3) is 6.60. The van der Waals surface area contributed by atoms with Gasteiger partial charge in [-0.15, -0.1) is 0 Å². The molecule has 216 valence electrons. The maximum atomic E-state index is 14.0. The SMILES string of the molecule is CCN1CCN(CCCNC(=O)C2c3ccccc3C(=O)N(Cc3ccc(F)cc3)C2c2ccc(OC)cc2)CC1. The van der Waals surface area contributed by atoms with Crippen molar-refractivity contribution < 1.29 is 18.7 Å². The molecule has 3 aromatic carbocycles. The quantitative estimate of drug-likeness (QED) is 0.373. The van der Waals surface area contributed by atoms with E-state index < -0.39 is 12.0 Å². The maximum absolute atomic E-state index is 14.0. The number of hydrogen-bond acceptors (Lipinski definition) is 5. The molecule has 2 heterocycles. The van der Waals surface area contributed by atoms with Crippen LogP contribution >= 0.6 is 0 Å². The van der Waals surface area contributed by atoms with E-state index in [1.807, 2.05) is 42.5 Å². The average molecular weight is 559 g/mol. The summed E-state index contributed by atoms with van der Waals surface area (Å²) in [4.78, 5) is 34.6. The highest BCUT2D eigenvalue weighted by atomic mass is 19.1. The fraction of sp³-hybridized carbons (Fsp3) is 0.394. The predicted octanol–water partition coefficient (Wildman–Crippen LogP) is 4.46. The van der Waals surface area contributed by atoms with Gasteiger partial charge in [0, 0.05) is 44.8 Å². The van der Waals surface area contributed by atoms with Gasteiger partial charge in [-0.25, -0.2) is 4.39 Å². The molecule has 2 aliphatic heterocycles. The summed E-state index contributed by atoms with van der Waals surface area (Å²) in [5, 5.41) is 3.19. The fourth-order valence-corrected chi connectivity index (χ4v) is 5.96. The van der Waals surface area contributed by atoms with Gasteiger partial charge in [0.1, 0.15) is 11.6 Å². The second kappa shape index (κ2) is 13.3. The summed E-state index contributed by atoms with van der Waals surface area (Å²) in [6.45, 7) is 9.31. The Balaban J connectivity index is 1.40. The summed E-state index contributed by atoms with van der Waals surface area (Å²) in [5.41, 5.74) is 2.87. The molecule has 5 rings (SSSR count). The number of likely N-dealkylation sites (N-methyl/N-ethyl adjacent to an activating group) is 1. The number of halogens is 1. The molecule has 2 unspecified atom stereocenters. The summed E-state index contributed by atoms with van der Waals surface area (Å²) in [5.74, 6) is -0.500. The number of amides is 2. The molecule has 2 amide bonds. The smallest absolute Gasteiger partial charge is 0.255 e. The van der Waals surface area contributed by atoms with E-state index in [0.717, 1.165) is 62.4 Å². The lowest BCUT2D eigenvalue weighted by atomic mass is 9.79. The molecule has 0 aliphatic carbocycles. The number of ether oxygens (including phenoxy) is 1. The first-order valence-corrected chi connectivity index (χ1v) is 14.5. The third-order valence-electron chi connectivity index (χ3n) is 8.31. The molecule has 1 saturated heterocycles. The minimum atomic E-state index is -0.606. The number of methoxy groups -OCH3 is 1. The molecule has 0 aromatic heterocycles. The lowest BCUT2D eigenvalue weighted by Crippen LogP contribution is -2.48. The first-order valence-electron chi connectivity index (χ1n) is 14.5. The van der Waals surface area contributed by atoms with Crippen molar-refractivity contribution in [3.8, 4) is 5.75 Å². The molecule has 0 radical (unpaired) electrons. The van der Waals surface area contributed by atoms with Gasteiger partial charge in [-0.1, -0.05) is 49.4 Å². The van der Waals surface area contributed by atoms with Crippen molar-refractivity contribution >= 4 is 11.8 Å². The van der Waals surface area contributed by atoms with E-state index in [4.69, 9.17) is 4.74 Å². The highest BCUT2D eigenvalue weighted by Crippen LogP contribution is 2.44. The van der Waals surface area contributed by atoms with Crippen LogP contribution in [0, 0.1) is 5.82 Å². The molecule has 0 saturated carbocycles. The first-order chi connectivity index (χ1) is 20.0. The summed E-state index contributed by atoms with van der Waals surface area (Å²) in [6.07, 6.45) is 0.859. The minimum absolute atomic E-state index is 0.106. The summed E-state index contributed by atoms with van der Waals surface area (Å²) >= 11 is 0. The van der Waals surface area contributed by atoms with Crippen LogP contribution in [0.4, 0.5) is 4.39 Å². The fourth-order valence-electron chi connectivity index (χ4n) is 5.96. The normalized spacial score (nSPS) is 19.6. The number of benzene rings is 3. The van der Waals surface area contributed by atoms with E-state index in [0.29, 0.717) is 17.9 Å². The molecule has 8 heteroatoms. The van der Waals surface area contributed by atoms with Crippen LogP contribution in [0.25, 0.3) is 0 Å². The lowest BCUT2D eigenvalue weighted by Gasteiger charge is -2.42. The number of piperazine rings is 1. The Morgan fingerprint density at radius 2 is 1.63 bits per heavy atom. The van der Waals surface area contributed by atoms with Crippen LogP contribution in [-0.2, 0) is 11.3 Å². The van der Waals surface area contributed by atoms with Crippen molar-refractivity contribution in [3.05, 3.63) is 101 Å². The molecule has 7 nitrogen and oxygen atoms in total. The summed E-state index contributed by atoms with van der Waals surface area (Å²) < 4.78 is 19.0. The highest BCUT2D eigenvalue weighted by molar-refractivity contribution is 6.01. The van der Waals surface area contributed by atoms with Crippen molar-refractivity contribution in [3.63, 3.8) is 0 Å². The predicted molar refractivity (Wildman–Crippen MR) is 157 cm³/mol. The van der Waals surface area contributed by atoms with Gasteiger partial charge in [-0.05, 0) is 66.5 Å². The zero-order valence-electron chi connectivity index (χ0n) is 23.9. The van der Waals surface area contributed by atoms with Gasteiger partial charge in [0.05, 0.1) is 19.1 Å². The van der Waals surface area contributed by atoms with Crippen molar-refractivity contribution in [2.24, 2.45) is 0 Å². The molecule has 1 N–H and O–H groups in total. The van der Waals surface area contributed by atoms with Gasteiger partial charge in [0.2, 0.25) is 5.91 Å². The molecular formula is C33H39FN4O3. The van der Waals surface area contributed by atoms with Crippen LogP contribution in [0.5, 0.6) is 5.75 Å². The Morgan fingerprint density at radius 1 is 0.951 bits per heavy atom. The monoisotopic (exact) mass is 558 g/mol. The molecule has 41 heavy (non-hydrogen) atoms. The van der Waals surface area contributed by atoms with Crippen molar-refractivity contribution in [2.45, 2.75) is 31.8 Å². The third-order valence-corrected chi connectivity index (χ3v) is 8.31. The minimum Gasteiger partial charge on any atom is -0.497 e. The van der Waals surface area contributed by atoms with Gasteiger partial charge < -0.3 is 24.8 Å². The number of rotatable bonds is 10. The Bertz CT molecular complexity index is 1320. The van der Waals surface area contributed by atoms with Crippen molar-refractivity contribution in [2.75, 3.05) is 52.9 Å². The second-order valence-electron chi connectivity index (χ2n) is 10.8. The standard InChI is InChI=1S/C33H39FN4O3/c1-3-36-19-21-37(22-20-36)18-6-17-35-32(39)30-28-7-4-5-8-29(28)33(40)38(23-24-9-13-26(34)14-10-24)31(30)25-11-15-27(41-2)16-12-25/h4-5,7-16,30-31H,3,6,17-23H2,1-2H3,(H,35,39). The molecule has 2 aliphatic rings. The van der Waals surface area contributed by atoms with Crippen LogP contribution < -0.4 is 10.1 Å². The molecule has 0 bridgehead atoms. The number of nitrogens with zero attached hydrogens (tertiary/aromatic N) is 3. The van der Waals surface area contributed by atoms with Crippen molar-refractivity contribution in [1.82, 2.24) is 20.0 Å². The van der Waals surface area contributed by atoms with Gasteiger partial charge >= 0.3 is 0 Å². The summed E-state index contributed by atoms with van der Waals surface area (Å²) in [6, 6.07) is 20.5. The van der Waals surface area contributed by atoms with Gasteiger partial charge in [0.25, 0.3) is 5.91 Å². The molecule has 1 fully saturated rings. The zero-order valence-corrected chi connectivity index (χ0v) is 23.9. The largest absolute Gasteiger partial charge is 0.497 e. The number of hydrogen-bond donors (Lipinski definition) is 1. The van der Waals surface area contributed by atoms with Crippen LogP contribution in [0.2, 0.25) is 0 Å². The molecular weight excluding hydrogens is 519 g/mol. The Labute approximate surface area is 241 Å². The molecule has 3 aromatic rings. The van der Waals surface area contributed by atoms with Gasteiger partial charge in [-0.2, -0.15) is 0 Å². The first kappa shape index (κ1) is 28.8. The van der Waals surface area contributed by atoms with Crippen LogP contribution in [0.1, 0.15) is 52.4 Å². The number of nitrogens with one attached hydrogen (secondary N) is 1. The summed E-state index contributed by atoms with van der Waals surface area (Å²) in [7, 11) is 1.61. The van der Waals surface area contributed by atoms with E-state index in [1.165, 1.54) is 12.1 Å². The van der Waals surface area contributed by atoms with Gasteiger partial charge in [-0.3, -0.25) is 9.59 Å². The van der Waals surface area contributed by atoms with Crippen LogP contribution in [-0.4, -0.2) is 79.4 Å². The second-order valence-corrected chi connectivity index (χ2v) is 10.8. The van der Waals surface area contributed by atoms with E-state index >= 15 is 0 Å². The number of fused-ring (bicyclic) bond motifs is 1. The maximum Gasteiger partial charge on any atom is 0.255 e. The molecule has 0 spiro atoms. The zero-order chi connectivity index (χ0) is 28.8. The Morgan fingerprint density at radius 3 is 2.32 bits per heavy atom. The number of carbonyl (C=O) groups excluding carboxylic acids is 2. The topological polar surface area (TPSA) is 65.1 Å². The van der Waals surface area contributed by atoms with Gasteiger partial charge in [0.15, 0.2) is 0 Å².